The highest BCUT2D eigenvalue weighted by Crippen LogP contribution is 2.27. The highest BCUT2D eigenvalue weighted by molar-refractivity contribution is 5.91. The number of nitrogens with zero attached hydrogens (tertiary/aromatic N) is 4. The molecular formula is C16H14N4O3. The van der Waals surface area contributed by atoms with Crippen molar-refractivity contribution in [2.24, 2.45) is 10.2 Å². The minimum absolute atomic E-state index is 0.133. The van der Waals surface area contributed by atoms with Gasteiger partial charge in [0, 0.05) is 11.8 Å². The van der Waals surface area contributed by atoms with Crippen LogP contribution < -0.4 is 4.74 Å². The number of aromatic nitrogens is 2. The van der Waals surface area contributed by atoms with E-state index in [-0.39, 0.29) is 11.5 Å². The van der Waals surface area contributed by atoms with Crippen LogP contribution in [0, 0.1) is 6.92 Å². The summed E-state index contributed by atoms with van der Waals surface area (Å²) in [6, 6.07) is 12.4. The number of imidazole rings is 1. The summed E-state index contributed by atoms with van der Waals surface area (Å²) in [7, 11) is 1.56. The van der Waals surface area contributed by atoms with Gasteiger partial charge in [-0.3, -0.25) is 4.40 Å². The van der Waals surface area contributed by atoms with Crippen molar-refractivity contribution in [3.8, 4) is 5.75 Å². The molecule has 0 saturated heterocycles. The van der Waals surface area contributed by atoms with Gasteiger partial charge in [-0.2, -0.15) is 0 Å². The Morgan fingerprint density at radius 1 is 1.22 bits per heavy atom. The van der Waals surface area contributed by atoms with Gasteiger partial charge in [0.15, 0.2) is 11.5 Å². The lowest BCUT2D eigenvalue weighted by molar-refractivity contribution is 0.0692. The van der Waals surface area contributed by atoms with E-state index in [4.69, 9.17) is 4.74 Å². The smallest absolute Gasteiger partial charge is 0.358 e. The molecule has 3 aromatic rings. The Bertz CT molecular complexity index is 915. The summed E-state index contributed by atoms with van der Waals surface area (Å²) in [6.45, 7) is 1.85. The molecule has 0 atom stereocenters. The van der Waals surface area contributed by atoms with Gasteiger partial charge in [-0.05, 0) is 31.2 Å². The lowest BCUT2D eigenvalue weighted by Crippen LogP contribution is -1.97. The van der Waals surface area contributed by atoms with E-state index in [0.29, 0.717) is 17.1 Å². The third-order valence-corrected chi connectivity index (χ3v) is 3.33. The Balaban J connectivity index is 2.12. The second kappa shape index (κ2) is 5.88. The Kier molecular flexibility index (Phi) is 3.76. The van der Waals surface area contributed by atoms with Gasteiger partial charge in [0.2, 0.25) is 0 Å². The number of carboxylic acids is 1. The maximum absolute atomic E-state index is 11.4. The molecule has 116 valence electrons. The average Bonchev–Trinajstić information content (AvgIpc) is 2.93. The molecule has 0 bridgehead atoms. The van der Waals surface area contributed by atoms with E-state index >= 15 is 0 Å². The monoisotopic (exact) mass is 310 g/mol. The SMILES string of the molecule is COc1cccc(N=Nc2c(C(=O)O)nc3cccc(C)n23)c1. The molecule has 2 heterocycles. The largest absolute Gasteiger partial charge is 0.497 e. The molecule has 0 aliphatic heterocycles. The molecule has 0 aliphatic rings. The van der Waals surface area contributed by atoms with Gasteiger partial charge < -0.3 is 9.84 Å². The number of benzene rings is 1. The quantitative estimate of drug-likeness (QED) is 0.743. The van der Waals surface area contributed by atoms with E-state index in [1.807, 2.05) is 19.1 Å². The summed E-state index contributed by atoms with van der Waals surface area (Å²) in [6.07, 6.45) is 0. The van der Waals surface area contributed by atoms with Gasteiger partial charge in [0.05, 0.1) is 12.8 Å². The standard InChI is InChI=1S/C16H14N4O3/c1-10-5-3-8-13-17-14(16(21)22)15(20(10)13)19-18-11-6-4-7-12(9-11)23-2/h3-9H,1-2H3,(H,21,22). The lowest BCUT2D eigenvalue weighted by Gasteiger charge is -2.01. The molecule has 0 amide bonds. The van der Waals surface area contributed by atoms with Crippen LogP contribution in [0.1, 0.15) is 16.2 Å². The number of carboxylic acid groups (broad SMARTS) is 1. The minimum atomic E-state index is -1.15. The molecule has 0 spiro atoms. The number of ether oxygens (including phenoxy) is 1. The van der Waals surface area contributed by atoms with Crippen LogP contribution in [0.3, 0.4) is 0 Å². The molecule has 0 saturated carbocycles. The number of fused-ring (bicyclic) bond motifs is 1. The predicted molar refractivity (Wildman–Crippen MR) is 84.1 cm³/mol. The second-order valence-electron chi connectivity index (χ2n) is 4.85. The van der Waals surface area contributed by atoms with Gasteiger partial charge in [0.25, 0.3) is 0 Å². The zero-order chi connectivity index (χ0) is 16.4. The number of pyridine rings is 1. The highest BCUT2D eigenvalue weighted by atomic mass is 16.5. The first-order valence-electron chi connectivity index (χ1n) is 6.87. The number of hydrogen-bond acceptors (Lipinski definition) is 5. The number of methoxy groups -OCH3 is 1. The maximum Gasteiger partial charge on any atom is 0.358 e. The molecular weight excluding hydrogens is 296 g/mol. The minimum Gasteiger partial charge on any atom is -0.497 e. The third-order valence-electron chi connectivity index (χ3n) is 3.33. The predicted octanol–water partition coefficient (Wildman–Crippen LogP) is 3.76. The van der Waals surface area contributed by atoms with Crippen molar-refractivity contribution >= 4 is 23.1 Å². The van der Waals surface area contributed by atoms with Crippen LogP contribution in [-0.4, -0.2) is 27.6 Å². The van der Waals surface area contributed by atoms with Crippen molar-refractivity contribution in [1.82, 2.24) is 9.38 Å². The Morgan fingerprint density at radius 3 is 2.74 bits per heavy atom. The molecule has 0 aliphatic carbocycles. The number of rotatable bonds is 4. The zero-order valence-electron chi connectivity index (χ0n) is 12.6. The average molecular weight is 310 g/mol. The molecule has 3 rings (SSSR count). The normalized spacial score (nSPS) is 11.2. The molecule has 1 N–H and O–H groups in total. The molecule has 7 nitrogen and oxygen atoms in total. The Labute approximate surface area is 131 Å². The van der Waals surface area contributed by atoms with E-state index in [0.717, 1.165) is 5.69 Å². The van der Waals surface area contributed by atoms with Crippen molar-refractivity contribution in [2.75, 3.05) is 7.11 Å². The Hall–Kier alpha value is -3.22. The van der Waals surface area contributed by atoms with Crippen LogP contribution in [0.2, 0.25) is 0 Å². The van der Waals surface area contributed by atoms with Crippen molar-refractivity contribution < 1.29 is 14.6 Å². The van der Waals surface area contributed by atoms with Crippen molar-refractivity contribution in [3.63, 3.8) is 0 Å². The first-order valence-corrected chi connectivity index (χ1v) is 6.87. The number of aromatic carboxylic acids is 1. The fourth-order valence-electron chi connectivity index (χ4n) is 2.25. The van der Waals surface area contributed by atoms with Gasteiger partial charge in [-0.1, -0.05) is 12.1 Å². The van der Waals surface area contributed by atoms with E-state index in [1.54, 1.807) is 41.8 Å². The number of aryl methyl sites for hydroxylation is 1. The first kappa shape index (κ1) is 14.7. The van der Waals surface area contributed by atoms with Crippen LogP contribution >= 0.6 is 0 Å². The molecule has 0 unspecified atom stereocenters. The van der Waals surface area contributed by atoms with Gasteiger partial charge in [0.1, 0.15) is 11.4 Å². The Morgan fingerprint density at radius 2 is 2.00 bits per heavy atom. The van der Waals surface area contributed by atoms with Crippen LogP contribution in [-0.2, 0) is 0 Å². The summed E-state index contributed by atoms with van der Waals surface area (Å²) in [5, 5.41) is 17.6. The van der Waals surface area contributed by atoms with E-state index in [1.165, 1.54) is 0 Å². The molecule has 0 radical (unpaired) electrons. The molecule has 0 fully saturated rings. The van der Waals surface area contributed by atoms with Gasteiger partial charge >= 0.3 is 5.97 Å². The molecule has 2 aromatic heterocycles. The maximum atomic E-state index is 11.4. The van der Waals surface area contributed by atoms with Gasteiger partial charge in [-0.15, -0.1) is 10.2 Å². The number of azo groups is 1. The van der Waals surface area contributed by atoms with Crippen LogP contribution in [0.5, 0.6) is 5.75 Å². The van der Waals surface area contributed by atoms with Crippen LogP contribution in [0.15, 0.2) is 52.7 Å². The third kappa shape index (κ3) is 2.76. The lowest BCUT2D eigenvalue weighted by atomic mass is 10.3. The topological polar surface area (TPSA) is 88.5 Å². The zero-order valence-corrected chi connectivity index (χ0v) is 12.6. The fourth-order valence-corrected chi connectivity index (χ4v) is 2.25. The van der Waals surface area contributed by atoms with Crippen molar-refractivity contribution in [2.45, 2.75) is 6.92 Å². The van der Waals surface area contributed by atoms with Crippen molar-refractivity contribution in [1.29, 1.82) is 0 Å². The second-order valence-corrected chi connectivity index (χ2v) is 4.85. The summed E-state index contributed by atoms with van der Waals surface area (Å²) < 4.78 is 6.79. The highest BCUT2D eigenvalue weighted by Gasteiger charge is 2.19. The first-order chi connectivity index (χ1) is 11.1. The fraction of sp³-hybridized carbons (Fsp3) is 0.125. The summed E-state index contributed by atoms with van der Waals surface area (Å²) in [5.74, 6) is -0.310. The van der Waals surface area contributed by atoms with Crippen LogP contribution in [0.25, 0.3) is 5.65 Å². The van der Waals surface area contributed by atoms with Crippen LogP contribution in [0.4, 0.5) is 11.5 Å². The van der Waals surface area contributed by atoms with Crippen molar-refractivity contribution in [3.05, 3.63) is 53.9 Å². The van der Waals surface area contributed by atoms with E-state index in [2.05, 4.69) is 15.2 Å². The number of hydrogen-bond donors (Lipinski definition) is 1. The number of carbonyl (C=O) groups is 1. The summed E-state index contributed by atoms with van der Waals surface area (Å²) in [5.41, 5.74) is 1.76. The molecule has 23 heavy (non-hydrogen) atoms. The molecule has 1 aromatic carbocycles. The summed E-state index contributed by atoms with van der Waals surface area (Å²) in [4.78, 5) is 15.5. The van der Waals surface area contributed by atoms with Gasteiger partial charge in [-0.25, -0.2) is 9.78 Å². The van der Waals surface area contributed by atoms with E-state index < -0.39 is 5.97 Å². The van der Waals surface area contributed by atoms with E-state index in [9.17, 15) is 9.90 Å². The summed E-state index contributed by atoms with van der Waals surface area (Å²) >= 11 is 0. The molecule has 7 heteroatoms.